The predicted molar refractivity (Wildman–Crippen MR) is 85.2 cm³/mol. The van der Waals surface area contributed by atoms with Gasteiger partial charge in [-0.15, -0.1) is 11.6 Å². The maximum atomic E-state index is 13.8. The average Bonchev–Trinajstić information content (AvgIpc) is 3.05. The van der Waals surface area contributed by atoms with E-state index in [1.54, 1.807) is 6.07 Å². The SMILES string of the molecule is CC(Cl)c1nc2cc(Br)c(F)cc2n1CCC1CCOC1. The van der Waals surface area contributed by atoms with E-state index >= 15 is 0 Å². The van der Waals surface area contributed by atoms with Crippen LogP contribution < -0.4 is 0 Å². The Morgan fingerprint density at radius 2 is 2.38 bits per heavy atom. The Labute approximate surface area is 136 Å². The minimum atomic E-state index is -0.276. The molecule has 6 heteroatoms. The van der Waals surface area contributed by atoms with Crippen LogP contribution >= 0.6 is 27.5 Å². The number of alkyl halides is 1. The maximum absolute atomic E-state index is 13.8. The van der Waals surface area contributed by atoms with Gasteiger partial charge >= 0.3 is 0 Å². The van der Waals surface area contributed by atoms with Gasteiger partial charge in [-0.3, -0.25) is 0 Å². The predicted octanol–water partition coefficient (Wildman–Crippen LogP) is 4.66. The van der Waals surface area contributed by atoms with Crippen molar-refractivity contribution in [3.63, 3.8) is 0 Å². The van der Waals surface area contributed by atoms with E-state index < -0.39 is 0 Å². The van der Waals surface area contributed by atoms with Crippen molar-refractivity contribution in [3.05, 3.63) is 28.2 Å². The first kappa shape index (κ1) is 15.3. The first-order valence-corrected chi connectivity index (χ1v) is 8.36. The van der Waals surface area contributed by atoms with Gasteiger partial charge in [-0.25, -0.2) is 9.37 Å². The Kier molecular flexibility index (Phi) is 4.52. The molecule has 3 nitrogen and oxygen atoms in total. The molecule has 1 aromatic carbocycles. The van der Waals surface area contributed by atoms with E-state index in [0.29, 0.717) is 10.4 Å². The van der Waals surface area contributed by atoms with E-state index in [2.05, 4.69) is 20.9 Å². The summed E-state index contributed by atoms with van der Waals surface area (Å²) in [5, 5.41) is -0.209. The second-order valence-corrected chi connectivity index (χ2v) is 7.02. The van der Waals surface area contributed by atoms with Gasteiger partial charge in [-0.1, -0.05) is 0 Å². The molecule has 114 valence electrons. The molecule has 3 rings (SSSR count). The topological polar surface area (TPSA) is 27.1 Å². The van der Waals surface area contributed by atoms with Crippen molar-refractivity contribution in [2.45, 2.75) is 31.7 Å². The standard InChI is InChI=1S/C15H17BrClFN2O/c1-9(17)15-19-13-6-11(16)12(18)7-14(13)20(15)4-2-10-3-5-21-8-10/h6-7,9-10H,2-5,8H2,1H3. The van der Waals surface area contributed by atoms with Gasteiger partial charge in [0.05, 0.1) is 20.9 Å². The van der Waals surface area contributed by atoms with E-state index in [-0.39, 0.29) is 11.2 Å². The van der Waals surface area contributed by atoms with Crippen LogP contribution in [-0.4, -0.2) is 22.8 Å². The average molecular weight is 376 g/mol. The molecule has 0 amide bonds. The number of imidazole rings is 1. The van der Waals surface area contributed by atoms with Crippen LogP contribution in [-0.2, 0) is 11.3 Å². The molecule has 1 aromatic heterocycles. The summed E-state index contributed by atoms with van der Waals surface area (Å²) in [5.74, 6) is 1.09. The number of benzene rings is 1. The fourth-order valence-corrected chi connectivity index (χ4v) is 3.30. The summed E-state index contributed by atoms with van der Waals surface area (Å²) in [6.07, 6.45) is 2.10. The molecule has 0 saturated carbocycles. The molecule has 1 aliphatic rings. The summed E-state index contributed by atoms with van der Waals surface area (Å²) in [6, 6.07) is 3.24. The molecule has 2 heterocycles. The Bertz CT molecular complexity index is 653. The summed E-state index contributed by atoms with van der Waals surface area (Å²) in [7, 11) is 0. The van der Waals surface area contributed by atoms with E-state index in [9.17, 15) is 4.39 Å². The van der Waals surface area contributed by atoms with Crippen molar-refractivity contribution in [2.75, 3.05) is 13.2 Å². The molecule has 0 bridgehead atoms. The lowest BCUT2D eigenvalue weighted by molar-refractivity contribution is 0.183. The molecule has 21 heavy (non-hydrogen) atoms. The van der Waals surface area contributed by atoms with Crippen LogP contribution in [0, 0.1) is 11.7 Å². The second-order valence-electron chi connectivity index (χ2n) is 5.51. The Hall–Kier alpha value is -0.650. The first-order valence-electron chi connectivity index (χ1n) is 7.13. The lowest BCUT2D eigenvalue weighted by Crippen LogP contribution is -2.09. The second kappa shape index (κ2) is 6.23. The van der Waals surface area contributed by atoms with Crippen LogP contribution in [0.1, 0.15) is 31.0 Å². The number of hydrogen-bond acceptors (Lipinski definition) is 2. The fraction of sp³-hybridized carbons (Fsp3) is 0.533. The van der Waals surface area contributed by atoms with E-state index in [1.165, 1.54) is 6.07 Å². The quantitative estimate of drug-likeness (QED) is 0.726. The molecule has 0 N–H and O–H groups in total. The highest BCUT2D eigenvalue weighted by atomic mass is 79.9. The smallest absolute Gasteiger partial charge is 0.139 e. The third-order valence-electron chi connectivity index (χ3n) is 3.96. The van der Waals surface area contributed by atoms with E-state index in [4.69, 9.17) is 16.3 Å². The number of aryl methyl sites for hydroxylation is 1. The Morgan fingerprint density at radius 1 is 1.57 bits per heavy atom. The van der Waals surface area contributed by atoms with Gasteiger partial charge < -0.3 is 9.30 Å². The van der Waals surface area contributed by atoms with Gasteiger partial charge in [0.15, 0.2) is 0 Å². The van der Waals surface area contributed by atoms with Gasteiger partial charge in [0.25, 0.3) is 0 Å². The van der Waals surface area contributed by atoms with E-state index in [0.717, 1.165) is 49.5 Å². The van der Waals surface area contributed by atoms with Crippen molar-refractivity contribution in [2.24, 2.45) is 5.92 Å². The summed E-state index contributed by atoms with van der Waals surface area (Å²) in [4.78, 5) is 4.56. The highest BCUT2D eigenvalue weighted by molar-refractivity contribution is 9.10. The minimum Gasteiger partial charge on any atom is -0.381 e. The Balaban J connectivity index is 1.96. The van der Waals surface area contributed by atoms with Crippen LogP contribution in [0.3, 0.4) is 0 Å². The normalized spacial score (nSPS) is 20.3. The number of fused-ring (bicyclic) bond motifs is 1. The lowest BCUT2D eigenvalue weighted by Gasteiger charge is -2.13. The van der Waals surface area contributed by atoms with Crippen molar-refractivity contribution in [1.82, 2.24) is 9.55 Å². The third kappa shape index (κ3) is 3.10. The summed E-state index contributed by atoms with van der Waals surface area (Å²) >= 11 is 9.45. The van der Waals surface area contributed by atoms with Gasteiger partial charge in [0.1, 0.15) is 11.6 Å². The zero-order valence-corrected chi connectivity index (χ0v) is 14.1. The largest absolute Gasteiger partial charge is 0.381 e. The molecule has 1 fully saturated rings. The molecule has 0 radical (unpaired) electrons. The number of hydrogen-bond donors (Lipinski definition) is 0. The third-order valence-corrected chi connectivity index (χ3v) is 4.76. The summed E-state index contributed by atoms with van der Waals surface area (Å²) < 4.78 is 21.7. The molecule has 1 saturated heterocycles. The molecular weight excluding hydrogens is 359 g/mol. The van der Waals surface area contributed by atoms with Crippen LogP contribution in [0.2, 0.25) is 0 Å². The molecule has 2 atom stereocenters. The van der Waals surface area contributed by atoms with Gasteiger partial charge in [0.2, 0.25) is 0 Å². The summed E-state index contributed by atoms with van der Waals surface area (Å²) in [6.45, 7) is 4.34. The molecule has 1 aliphatic heterocycles. The van der Waals surface area contributed by atoms with Gasteiger partial charge in [0, 0.05) is 25.8 Å². The van der Waals surface area contributed by atoms with Crippen LogP contribution in [0.25, 0.3) is 11.0 Å². The first-order chi connectivity index (χ1) is 10.1. The Morgan fingerprint density at radius 3 is 3.05 bits per heavy atom. The number of aromatic nitrogens is 2. The molecule has 2 aromatic rings. The highest BCUT2D eigenvalue weighted by Gasteiger charge is 2.20. The number of halogens is 3. The van der Waals surface area contributed by atoms with Crippen molar-refractivity contribution < 1.29 is 9.13 Å². The minimum absolute atomic E-state index is 0.209. The number of nitrogens with zero attached hydrogens (tertiary/aromatic N) is 2. The monoisotopic (exact) mass is 374 g/mol. The van der Waals surface area contributed by atoms with Crippen molar-refractivity contribution >= 4 is 38.6 Å². The molecule has 2 unspecified atom stereocenters. The van der Waals surface area contributed by atoms with Crippen LogP contribution in [0.5, 0.6) is 0 Å². The zero-order valence-electron chi connectivity index (χ0n) is 11.8. The lowest BCUT2D eigenvalue weighted by atomic mass is 10.1. The molecule has 0 spiro atoms. The molecule has 0 aliphatic carbocycles. The molecular formula is C15H17BrClFN2O. The number of rotatable bonds is 4. The van der Waals surface area contributed by atoms with E-state index in [1.807, 2.05) is 11.5 Å². The van der Waals surface area contributed by atoms with Gasteiger partial charge in [-0.05, 0) is 47.7 Å². The van der Waals surface area contributed by atoms with Crippen molar-refractivity contribution in [3.8, 4) is 0 Å². The maximum Gasteiger partial charge on any atom is 0.139 e. The van der Waals surface area contributed by atoms with Gasteiger partial charge in [-0.2, -0.15) is 0 Å². The zero-order chi connectivity index (χ0) is 15.0. The van der Waals surface area contributed by atoms with Crippen LogP contribution in [0.4, 0.5) is 4.39 Å². The number of ether oxygens (including phenoxy) is 1. The highest BCUT2D eigenvalue weighted by Crippen LogP contribution is 2.29. The van der Waals surface area contributed by atoms with Crippen molar-refractivity contribution in [1.29, 1.82) is 0 Å². The van der Waals surface area contributed by atoms with Crippen LogP contribution in [0.15, 0.2) is 16.6 Å². The fourth-order valence-electron chi connectivity index (χ4n) is 2.80. The summed E-state index contributed by atoms with van der Waals surface area (Å²) in [5.41, 5.74) is 1.57.